The molecular formula is C13H20N2O6. The van der Waals surface area contributed by atoms with Crippen LogP contribution in [-0.2, 0) is 0 Å². The molecule has 1 rings (SSSR count). The summed E-state index contributed by atoms with van der Waals surface area (Å²) >= 11 is 0. The smallest absolute Gasteiger partial charge is 0.311 e. The molecule has 0 spiro atoms. The Morgan fingerprint density at radius 3 is 2.43 bits per heavy atom. The number of aliphatic hydroxyl groups is 3. The molecule has 3 N–H and O–H groups in total. The van der Waals surface area contributed by atoms with E-state index in [2.05, 4.69) is 0 Å². The fourth-order valence-electron chi connectivity index (χ4n) is 1.98. The first-order valence-corrected chi connectivity index (χ1v) is 6.48. The monoisotopic (exact) mass is 300 g/mol. The molecule has 8 heteroatoms. The maximum atomic E-state index is 11.0. The fourth-order valence-corrected chi connectivity index (χ4v) is 1.98. The van der Waals surface area contributed by atoms with Crippen molar-refractivity contribution in [2.75, 3.05) is 40.0 Å². The molecule has 0 aliphatic carbocycles. The van der Waals surface area contributed by atoms with Crippen molar-refractivity contribution >= 4 is 5.69 Å². The largest absolute Gasteiger partial charge is 0.490 e. The lowest BCUT2D eigenvalue weighted by Gasteiger charge is -2.23. The summed E-state index contributed by atoms with van der Waals surface area (Å²) in [5, 5.41) is 38.9. The second-order valence-corrected chi connectivity index (χ2v) is 4.45. The van der Waals surface area contributed by atoms with E-state index in [-0.39, 0.29) is 31.2 Å². The van der Waals surface area contributed by atoms with Gasteiger partial charge in [0, 0.05) is 25.7 Å². The van der Waals surface area contributed by atoms with Gasteiger partial charge in [0.15, 0.2) is 5.75 Å². The van der Waals surface area contributed by atoms with E-state index in [9.17, 15) is 15.2 Å². The van der Waals surface area contributed by atoms with Crippen LogP contribution in [0.25, 0.3) is 0 Å². The summed E-state index contributed by atoms with van der Waals surface area (Å²) in [6.45, 7) is 0.557. The topological polar surface area (TPSA) is 116 Å². The van der Waals surface area contributed by atoms with Gasteiger partial charge in [-0.05, 0) is 11.6 Å². The van der Waals surface area contributed by atoms with Gasteiger partial charge < -0.3 is 20.1 Å². The molecule has 0 fully saturated rings. The lowest BCUT2D eigenvalue weighted by atomic mass is 10.1. The number of hydrogen-bond acceptors (Lipinski definition) is 7. The third-order valence-electron chi connectivity index (χ3n) is 3.05. The van der Waals surface area contributed by atoms with E-state index in [0.717, 1.165) is 0 Å². The first-order valence-electron chi connectivity index (χ1n) is 6.48. The number of hydrogen-bond donors (Lipinski definition) is 3. The van der Waals surface area contributed by atoms with Crippen LogP contribution in [0.2, 0.25) is 0 Å². The summed E-state index contributed by atoms with van der Waals surface area (Å²) in [4.78, 5) is 12.0. The molecule has 0 radical (unpaired) electrons. The van der Waals surface area contributed by atoms with E-state index in [0.29, 0.717) is 18.7 Å². The number of methoxy groups -OCH3 is 1. The molecule has 1 aromatic rings. The lowest BCUT2D eigenvalue weighted by Crippen LogP contribution is -2.33. The molecular weight excluding hydrogens is 280 g/mol. The van der Waals surface area contributed by atoms with Crippen molar-refractivity contribution in [1.82, 2.24) is 4.90 Å². The Morgan fingerprint density at radius 1 is 1.33 bits per heavy atom. The number of aliphatic hydroxyl groups excluding tert-OH is 3. The Balaban J connectivity index is 2.88. The van der Waals surface area contributed by atoms with E-state index in [1.54, 1.807) is 11.0 Å². The van der Waals surface area contributed by atoms with Crippen LogP contribution in [0.15, 0.2) is 18.2 Å². The summed E-state index contributed by atoms with van der Waals surface area (Å²) in [5.74, 6) is 0.124. The van der Waals surface area contributed by atoms with Crippen LogP contribution in [-0.4, -0.2) is 65.1 Å². The van der Waals surface area contributed by atoms with Gasteiger partial charge in [0.05, 0.1) is 31.4 Å². The minimum absolute atomic E-state index is 0.102. The van der Waals surface area contributed by atoms with Crippen LogP contribution in [0.3, 0.4) is 0 Å². The lowest BCUT2D eigenvalue weighted by molar-refractivity contribution is -0.385. The van der Waals surface area contributed by atoms with E-state index < -0.39 is 11.0 Å². The molecule has 0 aromatic heterocycles. The Kier molecular flexibility index (Phi) is 7.03. The Morgan fingerprint density at radius 2 is 1.95 bits per heavy atom. The van der Waals surface area contributed by atoms with Gasteiger partial charge in [-0.1, -0.05) is 6.07 Å². The SMILES string of the molecule is COc1ccc(C(O)CN(CCO)CCO)cc1[N+](=O)[O-]. The number of nitro groups is 1. The van der Waals surface area contributed by atoms with Gasteiger partial charge in [0.1, 0.15) is 0 Å². The van der Waals surface area contributed by atoms with Crippen molar-refractivity contribution in [3.63, 3.8) is 0 Å². The average molecular weight is 300 g/mol. The highest BCUT2D eigenvalue weighted by Gasteiger charge is 2.20. The highest BCUT2D eigenvalue weighted by Crippen LogP contribution is 2.30. The first-order chi connectivity index (χ1) is 10.0. The van der Waals surface area contributed by atoms with Crippen molar-refractivity contribution in [1.29, 1.82) is 0 Å². The summed E-state index contributed by atoms with van der Waals surface area (Å²) < 4.78 is 4.90. The molecule has 1 aromatic carbocycles. The molecule has 1 atom stereocenters. The average Bonchev–Trinajstić information content (AvgIpc) is 2.46. The van der Waals surface area contributed by atoms with Crippen molar-refractivity contribution in [2.45, 2.75) is 6.10 Å². The predicted molar refractivity (Wildman–Crippen MR) is 75.2 cm³/mol. The minimum atomic E-state index is -0.965. The second kappa shape index (κ2) is 8.53. The van der Waals surface area contributed by atoms with Crippen molar-refractivity contribution < 1.29 is 25.0 Å². The highest BCUT2D eigenvalue weighted by atomic mass is 16.6. The highest BCUT2D eigenvalue weighted by molar-refractivity contribution is 5.49. The number of nitrogens with zero attached hydrogens (tertiary/aromatic N) is 2. The van der Waals surface area contributed by atoms with Crippen molar-refractivity contribution in [3.8, 4) is 5.75 Å². The molecule has 0 amide bonds. The molecule has 21 heavy (non-hydrogen) atoms. The quantitative estimate of drug-likeness (QED) is 0.431. The summed E-state index contributed by atoms with van der Waals surface area (Å²) in [7, 11) is 1.34. The van der Waals surface area contributed by atoms with Gasteiger partial charge >= 0.3 is 5.69 Å². The molecule has 0 saturated carbocycles. The van der Waals surface area contributed by atoms with Gasteiger partial charge in [-0.25, -0.2) is 0 Å². The maximum Gasteiger partial charge on any atom is 0.311 e. The van der Waals surface area contributed by atoms with Crippen LogP contribution in [0, 0.1) is 10.1 Å². The van der Waals surface area contributed by atoms with Crippen LogP contribution in [0.1, 0.15) is 11.7 Å². The minimum Gasteiger partial charge on any atom is -0.490 e. The Hall–Kier alpha value is -1.74. The van der Waals surface area contributed by atoms with E-state index >= 15 is 0 Å². The van der Waals surface area contributed by atoms with Crippen molar-refractivity contribution in [2.24, 2.45) is 0 Å². The molecule has 0 bridgehead atoms. The van der Waals surface area contributed by atoms with Gasteiger partial charge in [-0.3, -0.25) is 15.0 Å². The normalized spacial score (nSPS) is 12.4. The number of rotatable bonds is 9. The Bertz CT molecular complexity index is 462. The van der Waals surface area contributed by atoms with Crippen LogP contribution < -0.4 is 4.74 Å². The van der Waals surface area contributed by atoms with E-state index in [1.165, 1.54) is 19.2 Å². The number of nitro benzene ring substituents is 1. The summed E-state index contributed by atoms with van der Waals surface area (Å²) in [5.41, 5.74) is 0.160. The summed E-state index contributed by atoms with van der Waals surface area (Å²) in [6.07, 6.45) is -0.965. The van der Waals surface area contributed by atoms with Crippen LogP contribution in [0.5, 0.6) is 5.75 Å². The van der Waals surface area contributed by atoms with Gasteiger partial charge in [0.25, 0.3) is 0 Å². The molecule has 8 nitrogen and oxygen atoms in total. The molecule has 0 aliphatic rings. The number of benzene rings is 1. The maximum absolute atomic E-state index is 11.0. The summed E-state index contributed by atoms with van der Waals surface area (Å²) in [6, 6.07) is 4.24. The number of ether oxygens (including phenoxy) is 1. The molecule has 118 valence electrons. The zero-order valence-electron chi connectivity index (χ0n) is 11.8. The fraction of sp³-hybridized carbons (Fsp3) is 0.538. The standard InChI is InChI=1S/C13H20N2O6/c1-21-13-3-2-10(8-11(13)15(19)20)12(18)9-14(4-6-16)5-7-17/h2-3,8,12,16-18H,4-7,9H2,1H3. The van der Waals surface area contributed by atoms with Gasteiger partial charge in [0.2, 0.25) is 0 Å². The third kappa shape index (κ3) is 4.94. The zero-order valence-corrected chi connectivity index (χ0v) is 11.8. The van der Waals surface area contributed by atoms with Gasteiger partial charge in [-0.15, -0.1) is 0 Å². The van der Waals surface area contributed by atoms with Crippen molar-refractivity contribution in [3.05, 3.63) is 33.9 Å². The first kappa shape index (κ1) is 17.3. The molecule has 0 saturated heterocycles. The molecule has 0 aliphatic heterocycles. The Labute approximate surface area is 122 Å². The van der Waals surface area contributed by atoms with Gasteiger partial charge in [-0.2, -0.15) is 0 Å². The van der Waals surface area contributed by atoms with Crippen LogP contribution in [0.4, 0.5) is 5.69 Å². The molecule has 1 unspecified atom stereocenters. The van der Waals surface area contributed by atoms with E-state index in [1.807, 2.05) is 0 Å². The van der Waals surface area contributed by atoms with E-state index in [4.69, 9.17) is 14.9 Å². The zero-order chi connectivity index (χ0) is 15.8. The van der Waals surface area contributed by atoms with Crippen LogP contribution >= 0.6 is 0 Å². The third-order valence-corrected chi connectivity index (χ3v) is 3.05. The second-order valence-electron chi connectivity index (χ2n) is 4.45. The predicted octanol–water partition coefficient (Wildman–Crippen LogP) is -0.0766. The molecule has 0 heterocycles.